The first-order chi connectivity index (χ1) is 16.8. The van der Waals surface area contributed by atoms with Gasteiger partial charge >= 0.3 is 6.18 Å². The Morgan fingerprint density at radius 1 is 1.11 bits per heavy atom. The molecule has 0 fully saturated rings. The molecular weight excluding hydrogens is 495 g/mol. The van der Waals surface area contributed by atoms with Crippen LogP contribution in [0.15, 0.2) is 42.7 Å². The van der Waals surface area contributed by atoms with Gasteiger partial charge in [0.2, 0.25) is 5.91 Å². The standard InChI is InChI=1S/C25H27ClF3N5O2/c1-15-18(21-31-11-17(26)12-32-21)19(22(35)33(5)14-24(2,3)23(36)30-4)34(20(15)25(27,28)29)13-16-9-7-6-8-10-16/h6-12H,13-14H2,1-5H3,(H,30,36). The van der Waals surface area contributed by atoms with Crippen molar-refractivity contribution in [2.45, 2.75) is 33.5 Å². The zero-order valence-electron chi connectivity index (χ0n) is 20.6. The predicted molar refractivity (Wildman–Crippen MR) is 131 cm³/mol. The number of benzene rings is 1. The van der Waals surface area contributed by atoms with Crippen LogP contribution in [0.5, 0.6) is 0 Å². The Kier molecular flexibility index (Phi) is 7.78. The lowest BCUT2D eigenvalue weighted by atomic mass is 9.91. The van der Waals surface area contributed by atoms with E-state index in [1.165, 1.54) is 38.3 Å². The Labute approximate surface area is 212 Å². The van der Waals surface area contributed by atoms with Crippen LogP contribution in [0, 0.1) is 12.3 Å². The fraction of sp³-hybridized carbons (Fsp3) is 0.360. The van der Waals surface area contributed by atoms with E-state index in [9.17, 15) is 22.8 Å². The van der Waals surface area contributed by atoms with E-state index in [1.807, 2.05) is 0 Å². The number of rotatable bonds is 7. The molecule has 0 atom stereocenters. The summed E-state index contributed by atoms with van der Waals surface area (Å²) in [5, 5.41) is 2.75. The molecule has 2 aromatic heterocycles. The average Bonchev–Trinajstić information content (AvgIpc) is 3.10. The number of amides is 2. The Hall–Kier alpha value is -3.40. The topological polar surface area (TPSA) is 80.1 Å². The van der Waals surface area contributed by atoms with Crippen LogP contribution in [0.3, 0.4) is 0 Å². The summed E-state index contributed by atoms with van der Waals surface area (Å²) in [6.07, 6.45) is -2.24. The van der Waals surface area contributed by atoms with Gasteiger partial charge < -0.3 is 14.8 Å². The first kappa shape index (κ1) is 27.2. The van der Waals surface area contributed by atoms with E-state index in [4.69, 9.17) is 11.6 Å². The van der Waals surface area contributed by atoms with Crippen LogP contribution in [0.2, 0.25) is 5.02 Å². The molecule has 11 heteroatoms. The highest BCUT2D eigenvalue weighted by Crippen LogP contribution is 2.41. The van der Waals surface area contributed by atoms with Gasteiger partial charge in [-0.15, -0.1) is 0 Å². The highest BCUT2D eigenvalue weighted by atomic mass is 35.5. The van der Waals surface area contributed by atoms with Gasteiger partial charge in [-0.05, 0) is 31.9 Å². The molecule has 3 rings (SSSR count). The minimum Gasteiger partial charge on any atom is -0.359 e. The van der Waals surface area contributed by atoms with E-state index in [-0.39, 0.29) is 46.7 Å². The molecule has 0 aliphatic heterocycles. The smallest absolute Gasteiger partial charge is 0.359 e. The van der Waals surface area contributed by atoms with Crippen molar-refractivity contribution < 1.29 is 22.8 Å². The molecular formula is C25H27ClF3N5O2. The van der Waals surface area contributed by atoms with E-state index < -0.39 is 23.2 Å². The van der Waals surface area contributed by atoms with Gasteiger partial charge in [0.25, 0.3) is 5.91 Å². The number of nitrogens with one attached hydrogen (secondary N) is 1. The molecule has 0 spiro atoms. The maximum atomic E-state index is 14.4. The molecule has 0 bridgehead atoms. The Morgan fingerprint density at radius 2 is 1.69 bits per heavy atom. The normalized spacial score (nSPS) is 11.9. The van der Waals surface area contributed by atoms with E-state index >= 15 is 0 Å². The molecule has 192 valence electrons. The summed E-state index contributed by atoms with van der Waals surface area (Å²) >= 11 is 5.90. The fourth-order valence-corrected chi connectivity index (χ4v) is 4.33. The number of aromatic nitrogens is 3. The van der Waals surface area contributed by atoms with Gasteiger partial charge in [0.1, 0.15) is 11.4 Å². The number of halogens is 4. The molecule has 0 aliphatic carbocycles. The van der Waals surface area contributed by atoms with Crippen molar-refractivity contribution in [3.8, 4) is 11.4 Å². The Balaban J connectivity index is 2.27. The first-order valence-corrected chi connectivity index (χ1v) is 11.5. The van der Waals surface area contributed by atoms with Gasteiger partial charge in [-0.3, -0.25) is 9.59 Å². The van der Waals surface area contributed by atoms with Crippen molar-refractivity contribution in [2.24, 2.45) is 5.41 Å². The van der Waals surface area contributed by atoms with Gasteiger partial charge in [0.05, 0.1) is 16.0 Å². The van der Waals surface area contributed by atoms with Crippen LogP contribution in [-0.2, 0) is 17.5 Å². The van der Waals surface area contributed by atoms with Gasteiger partial charge in [-0.2, -0.15) is 13.2 Å². The second-order valence-electron chi connectivity index (χ2n) is 9.12. The van der Waals surface area contributed by atoms with Crippen LogP contribution in [0.25, 0.3) is 11.4 Å². The zero-order chi connectivity index (χ0) is 26.8. The van der Waals surface area contributed by atoms with E-state index in [1.54, 1.807) is 44.2 Å². The number of carbonyl (C=O) groups excluding carboxylic acids is 2. The summed E-state index contributed by atoms with van der Waals surface area (Å²) in [5.41, 5.74) is -1.82. The Bertz CT molecular complexity index is 1260. The SMILES string of the molecule is CNC(=O)C(C)(C)CN(C)C(=O)c1c(-c2ncc(Cl)cn2)c(C)c(C(F)(F)F)n1Cc1ccccc1. The molecule has 36 heavy (non-hydrogen) atoms. The number of alkyl halides is 3. The number of carbonyl (C=O) groups is 2. The van der Waals surface area contributed by atoms with Gasteiger partial charge in [0.15, 0.2) is 5.82 Å². The van der Waals surface area contributed by atoms with Gasteiger partial charge in [-0.1, -0.05) is 41.9 Å². The summed E-state index contributed by atoms with van der Waals surface area (Å²) in [5.74, 6) is -1.07. The van der Waals surface area contributed by atoms with Crippen molar-refractivity contribution in [3.63, 3.8) is 0 Å². The second kappa shape index (κ2) is 10.3. The molecule has 0 saturated heterocycles. The third-order valence-corrected chi connectivity index (χ3v) is 6.02. The maximum Gasteiger partial charge on any atom is 0.431 e. The molecule has 3 aromatic rings. The quantitative estimate of drug-likeness (QED) is 0.483. The lowest BCUT2D eigenvalue weighted by Crippen LogP contribution is -2.45. The van der Waals surface area contributed by atoms with Crippen molar-refractivity contribution in [1.82, 2.24) is 24.8 Å². The van der Waals surface area contributed by atoms with Gasteiger partial charge in [-0.25, -0.2) is 9.97 Å². The molecule has 0 radical (unpaired) electrons. The summed E-state index contributed by atoms with van der Waals surface area (Å²) in [6.45, 7) is 4.34. The largest absolute Gasteiger partial charge is 0.431 e. The van der Waals surface area contributed by atoms with Crippen molar-refractivity contribution in [2.75, 3.05) is 20.6 Å². The van der Waals surface area contributed by atoms with Crippen LogP contribution in [0.1, 0.15) is 41.2 Å². The van der Waals surface area contributed by atoms with Crippen molar-refractivity contribution in [1.29, 1.82) is 0 Å². The van der Waals surface area contributed by atoms with Crippen molar-refractivity contribution >= 4 is 23.4 Å². The number of hydrogen-bond donors (Lipinski definition) is 1. The third kappa shape index (κ3) is 5.53. The lowest BCUT2D eigenvalue weighted by Gasteiger charge is -2.29. The van der Waals surface area contributed by atoms with E-state index in [0.717, 1.165) is 4.57 Å². The summed E-state index contributed by atoms with van der Waals surface area (Å²) in [6, 6.07) is 8.54. The molecule has 0 aliphatic rings. The zero-order valence-corrected chi connectivity index (χ0v) is 21.3. The minimum absolute atomic E-state index is 0.0375. The molecule has 7 nitrogen and oxygen atoms in total. The molecule has 0 saturated carbocycles. The van der Waals surface area contributed by atoms with Crippen LogP contribution >= 0.6 is 11.6 Å². The first-order valence-electron chi connectivity index (χ1n) is 11.1. The van der Waals surface area contributed by atoms with Crippen LogP contribution in [-0.4, -0.2) is 51.9 Å². The summed E-state index contributed by atoms with van der Waals surface area (Å²) in [7, 11) is 2.92. The summed E-state index contributed by atoms with van der Waals surface area (Å²) < 4.78 is 44.2. The monoisotopic (exact) mass is 521 g/mol. The van der Waals surface area contributed by atoms with Crippen LogP contribution < -0.4 is 5.32 Å². The van der Waals surface area contributed by atoms with Crippen molar-refractivity contribution in [3.05, 3.63) is 70.3 Å². The van der Waals surface area contributed by atoms with E-state index in [0.29, 0.717) is 5.56 Å². The number of nitrogens with zero attached hydrogens (tertiary/aromatic N) is 4. The second-order valence-corrected chi connectivity index (χ2v) is 9.55. The third-order valence-electron chi connectivity index (χ3n) is 5.83. The molecule has 1 aromatic carbocycles. The maximum absolute atomic E-state index is 14.4. The fourth-order valence-electron chi connectivity index (χ4n) is 4.23. The highest BCUT2D eigenvalue weighted by Gasteiger charge is 2.42. The average molecular weight is 522 g/mol. The van der Waals surface area contributed by atoms with E-state index in [2.05, 4.69) is 15.3 Å². The molecule has 0 unspecified atom stereocenters. The molecule has 2 heterocycles. The summed E-state index contributed by atoms with van der Waals surface area (Å²) in [4.78, 5) is 35.6. The van der Waals surface area contributed by atoms with Crippen LogP contribution in [0.4, 0.5) is 13.2 Å². The molecule has 2 amide bonds. The minimum atomic E-state index is -4.77. The predicted octanol–water partition coefficient (Wildman–Crippen LogP) is 4.82. The Morgan fingerprint density at radius 3 is 2.22 bits per heavy atom. The lowest BCUT2D eigenvalue weighted by molar-refractivity contribution is -0.143. The molecule has 1 N–H and O–H groups in total. The number of hydrogen-bond acceptors (Lipinski definition) is 4. The highest BCUT2D eigenvalue weighted by molar-refractivity contribution is 6.30. The van der Waals surface area contributed by atoms with Gasteiger partial charge in [0, 0.05) is 39.6 Å².